The van der Waals surface area contributed by atoms with Crippen LogP contribution in [0.15, 0.2) is 84.3 Å². The van der Waals surface area contributed by atoms with E-state index in [1.54, 1.807) is 23.5 Å². The molecule has 4 rings (SSSR count). The van der Waals surface area contributed by atoms with Gasteiger partial charge in [-0.15, -0.1) is 5.06 Å². The molecule has 0 spiro atoms. The number of carbonyl (C=O) groups excluding carboxylic acids is 1. The second-order valence-corrected chi connectivity index (χ2v) is 7.19. The summed E-state index contributed by atoms with van der Waals surface area (Å²) >= 11 is 0. The van der Waals surface area contributed by atoms with Crippen LogP contribution in [-0.2, 0) is 11.3 Å². The lowest BCUT2D eigenvalue weighted by molar-refractivity contribution is -1.00. The molecule has 1 amide bonds. The van der Waals surface area contributed by atoms with Gasteiger partial charge in [0.1, 0.15) is 11.9 Å². The number of aryl methyl sites for hydroxylation is 1. The van der Waals surface area contributed by atoms with Gasteiger partial charge in [-0.2, -0.15) is 0 Å². The van der Waals surface area contributed by atoms with Crippen molar-refractivity contribution < 1.29 is 15.1 Å². The van der Waals surface area contributed by atoms with Gasteiger partial charge < -0.3 is 10.6 Å². The molecule has 6 heteroatoms. The monoisotopic (exact) mass is 389 g/mol. The third-order valence-electron chi connectivity index (χ3n) is 5.10. The average Bonchev–Trinajstić information content (AvgIpc) is 3.10. The third-order valence-corrected chi connectivity index (χ3v) is 5.10. The topological polar surface area (TPSA) is 69.0 Å². The van der Waals surface area contributed by atoms with Gasteiger partial charge in [0.05, 0.1) is 6.20 Å². The van der Waals surface area contributed by atoms with Gasteiger partial charge in [-0.1, -0.05) is 61.0 Å². The van der Waals surface area contributed by atoms with Gasteiger partial charge in [0, 0.05) is 12.2 Å². The fourth-order valence-electron chi connectivity index (χ4n) is 3.47. The zero-order valence-electron chi connectivity index (χ0n) is 16.6. The fraction of sp³-hybridized carbons (Fsp3) is 0.174. The fourth-order valence-corrected chi connectivity index (χ4v) is 3.47. The van der Waals surface area contributed by atoms with E-state index in [0.29, 0.717) is 24.5 Å². The number of fused-ring (bicyclic) bond motifs is 1. The number of nitrogens with one attached hydrogen (secondary N) is 3. The second-order valence-electron chi connectivity index (χ2n) is 7.19. The van der Waals surface area contributed by atoms with Gasteiger partial charge >= 0.3 is 0 Å². The van der Waals surface area contributed by atoms with Gasteiger partial charge in [0.15, 0.2) is 12.0 Å². The van der Waals surface area contributed by atoms with Crippen LogP contribution < -0.4 is 15.7 Å². The minimum absolute atomic E-state index is 0.147. The number of hydrogen-bond acceptors (Lipinski definition) is 4. The van der Waals surface area contributed by atoms with E-state index in [9.17, 15) is 10.0 Å². The number of allylic oxidation sites excluding steroid dienone is 1. The molecular weight excluding hydrogens is 364 g/mol. The van der Waals surface area contributed by atoms with E-state index in [2.05, 4.69) is 54.0 Å². The van der Waals surface area contributed by atoms with Crippen LogP contribution in [0, 0.1) is 6.92 Å². The van der Waals surface area contributed by atoms with E-state index in [4.69, 9.17) is 0 Å². The van der Waals surface area contributed by atoms with Crippen molar-refractivity contribution in [1.29, 1.82) is 0 Å². The van der Waals surface area contributed by atoms with Crippen molar-refractivity contribution in [2.45, 2.75) is 26.8 Å². The van der Waals surface area contributed by atoms with Gasteiger partial charge in [0.25, 0.3) is 5.91 Å². The highest BCUT2D eigenvalue weighted by atomic mass is 16.5. The van der Waals surface area contributed by atoms with E-state index in [1.165, 1.54) is 11.1 Å². The smallest absolute Gasteiger partial charge is 0.270 e. The highest BCUT2D eigenvalue weighted by Crippen LogP contribution is 2.26. The van der Waals surface area contributed by atoms with E-state index < -0.39 is 0 Å². The third kappa shape index (κ3) is 3.94. The zero-order valence-corrected chi connectivity index (χ0v) is 16.6. The summed E-state index contributed by atoms with van der Waals surface area (Å²) in [6.07, 6.45) is 5.57. The van der Waals surface area contributed by atoms with Crippen LogP contribution in [0.1, 0.15) is 24.5 Å². The molecule has 0 bridgehead atoms. The van der Waals surface area contributed by atoms with Gasteiger partial charge in [-0.25, -0.2) is 5.21 Å². The molecule has 0 radical (unpaired) electrons. The van der Waals surface area contributed by atoms with Gasteiger partial charge in [-0.05, 0) is 30.0 Å². The van der Waals surface area contributed by atoms with Gasteiger partial charge in [0.2, 0.25) is 0 Å². The number of benzene rings is 2. The Morgan fingerprint density at radius 3 is 2.41 bits per heavy atom. The summed E-state index contributed by atoms with van der Waals surface area (Å²) < 4.78 is 0. The van der Waals surface area contributed by atoms with E-state index in [1.807, 2.05) is 19.1 Å². The highest BCUT2D eigenvalue weighted by Gasteiger charge is 2.33. The van der Waals surface area contributed by atoms with Crippen LogP contribution in [0.3, 0.4) is 0 Å². The molecule has 1 unspecified atom stereocenters. The number of hydroxylamine groups is 2. The Balaban J connectivity index is 1.43. The number of amides is 1. The molecule has 1 atom stereocenters. The summed E-state index contributed by atoms with van der Waals surface area (Å²) in [4.78, 5) is 14.6. The van der Waals surface area contributed by atoms with Crippen LogP contribution in [0.25, 0.3) is 11.1 Å². The first kappa shape index (κ1) is 19.0. The molecule has 2 aliphatic heterocycles. The Morgan fingerprint density at radius 1 is 1.10 bits per heavy atom. The molecule has 0 aliphatic carbocycles. The Labute approximate surface area is 170 Å². The number of quaternary nitrogens is 1. The maximum atomic E-state index is 12.9. The maximum absolute atomic E-state index is 12.9. The first-order chi connectivity index (χ1) is 14.0. The van der Waals surface area contributed by atoms with E-state index in [0.717, 1.165) is 16.8 Å². The van der Waals surface area contributed by atoms with Crippen LogP contribution in [0.5, 0.6) is 0 Å². The molecule has 2 aromatic carbocycles. The van der Waals surface area contributed by atoms with Crippen molar-refractivity contribution in [2.75, 3.05) is 0 Å². The summed E-state index contributed by atoms with van der Waals surface area (Å²) in [5.41, 5.74) is 6.01. The summed E-state index contributed by atoms with van der Waals surface area (Å²) in [5.74, 6) is 0.542. The lowest BCUT2D eigenvalue weighted by atomic mass is 10.0. The standard InChI is InChI=1S/C23H24N4O2/c1-3-20-22(27-13-12-26(29)15-21(27)25-20)23(28)24-14-17-6-10-19(11-7-17)18-8-4-16(2)5-9-18/h4-13,15,25,29H,3,14H2,1-2H3,(H,24,28)/p+1. The zero-order chi connectivity index (χ0) is 20.4. The van der Waals surface area contributed by atoms with Crippen molar-refractivity contribution in [3.63, 3.8) is 0 Å². The van der Waals surface area contributed by atoms with Crippen molar-refractivity contribution >= 4 is 5.91 Å². The summed E-state index contributed by atoms with van der Waals surface area (Å²) in [7, 11) is 0. The molecule has 6 nitrogen and oxygen atoms in total. The summed E-state index contributed by atoms with van der Waals surface area (Å²) in [6.45, 7) is 4.52. The SMILES string of the molecule is CCC1=C(C(=O)NCc2ccc(-c3ccc(C)cc3)cc2)N2C=C[NH+](O)C=C2N1. The summed E-state index contributed by atoms with van der Waals surface area (Å²) in [5, 5.41) is 16.1. The second kappa shape index (κ2) is 7.95. The minimum Gasteiger partial charge on any atom is -0.347 e. The average molecular weight is 389 g/mol. The largest absolute Gasteiger partial charge is 0.347 e. The quantitative estimate of drug-likeness (QED) is 0.634. The Kier molecular flexibility index (Phi) is 5.20. The minimum atomic E-state index is -0.147. The first-order valence-electron chi connectivity index (χ1n) is 9.74. The Hall–Kier alpha value is -3.35. The molecule has 0 aromatic heterocycles. The predicted octanol–water partition coefficient (Wildman–Crippen LogP) is 2.36. The Bertz CT molecular complexity index is 1000. The molecule has 0 saturated carbocycles. The van der Waals surface area contributed by atoms with Crippen LogP contribution in [-0.4, -0.2) is 16.0 Å². The number of rotatable bonds is 5. The van der Waals surface area contributed by atoms with Crippen LogP contribution in [0.4, 0.5) is 0 Å². The Morgan fingerprint density at radius 2 is 1.76 bits per heavy atom. The van der Waals surface area contributed by atoms with Gasteiger partial charge in [-0.3, -0.25) is 9.69 Å². The molecule has 0 saturated heterocycles. The highest BCUT2D eigenvalue weighted by molar-refractivity contribution is 5.94. The lowest BCUT2D eigenvalue weighted by Crippen LogP contribution is -3.00. The molecule has 0 fully saturated rings. The normalized spacial score (nSPS) is 17.7. The molecule has 2 aromatic rings. The van der Waals surface area contributed by atoms with Crippen molar-refractivity contribution in [1.82, 2.24) is 15.5 Å². The van der Waals surface area contributed by atoms with E-state index >= 15 is 0 Å². The van der Waals surface area contributed by atoms with Crippen LogP contribution in [0.2, 0.25) is 0 Å². The molecule has 2 aliphatic rings. The van der Waals surface area contributed by atoms with Crippen LogP contribution >= 0.6 is 0 Å². The summed E-state index contributed by atoms with van der Waals surface area (Å²) in [6, 6.07) is 16.7. The van der Waals surface area contributed by atoms with Crippen molar-refractivity contribution in [3.8, 4) is 11.1 Å². The molecule has 4 N–H and O–H groups in total. The number of nitrogens with zero attached hydrogens (tertiary/aromatic N) is 1. The molecule has 2 heterocycles. The first-order valence-corrected chi connectivity index (χ1v) is 9.74. The van der Waals surface area contributed by atoms with E-state index in [-0.39, 0.29) is 11.0 Å². The maximum Gasteiger partial charge on any atom is 0.270 e. The molecule has 29 heavy (non-hydrogen) atoms. The number of carbonyl (C=O) groups is 1. The van der Waals surface area contributed by atoms with Crippen molar-refractivity contribution in [3.05, 3.63) is 95.5 Å². The predicted molar refractivity (Wildman–Crippen MR) is 111 cm³/mol. The van der Waals surface area contributed by atoms with Crippen molar-refractivity contribution in [2.24, 2.45) is 0 Å². The number of hydrogen-bond donors (Lipinski definition) is 4. The molecule has 148 valence electrons. The lowest BCUT2D eigenvalue weighted by Gasteiger charge is -2.20. The molecular formula is C23H25N4O2+.